The molecule has 0 aromatic rings. The number of carboxylic acids is 1. The summed E-state index contributed by atoms with van der Waals surface area (Å²) in [5, 5.41) is 8.47. The van der Waals surface area contributed by atoms with Gasteiger partial charge in [-0.1, -0.05) is 0 Å². The largest absolute Gasteiger partial charge is 0.481 e. The second-order valence-electron chi connectivity index (χ2n) is 4.98. The topological polar surface area (TPSA) is 57.6 Å². The number of hydrogen-bond acceptors (Lipinski definition) is 2. The Kier molecular flexibility index (Phi) is 3.92. The molecule has 1 amide bonds. The fraction of sp³-hybridized carbons (Fsp3) is 0.818. The van der Waals surface area contributed by atoms with Crippen molar-refractivity contribution in [3.05, 3.63) is 0 Å². The van der Waals surface area contributed by atoms with Gasteiger partial charge in [-0.3, -0.25) is 9.59 Å². The minimum Gasteiger partial charge on any atom is -0.481 e. The van der Waals surface area contributed by atoms with Gasteiger partial charge < -0.3 is 10.0 Å². The Bertz CT molecular complexity index is 352. The molecule has 4 nitrogen and oxygen atoms in total. The Hall–Kier alpha value is -1.27. The molecule has 1 N–H and O–H groups in total. The number of carboxylic acid groups (broad SMARTS) is 1. The van der Waals surface area contributed by atoms with Gasteiger partial charge in [-0.25, -0.2) is 0 Å². The number of nitrogens with zero attached hydrogens (tertiary/aromatic N) is 1. The number of likely N-dealkylation sites (tertiary alicyclic amines) is 1. The van der Waals surface area contributed by atoms with Gasteiger partial charge in [0.2, 0.25) is 5.91 Å². The van der Waals surface area contributed by atoms with E-state index in [-0.39, 0.29) is 25.8 Å². The number of rotatable bonds is 3. The van der Waals surface area contributed by atoms with Crippen molar-refractivity contribution in [2.75, 3.05) is 6.54 Å². The quantitative estimate of drug-likeness (QED) is 0.851. The van der Waals surface area contributed by atoms with Crippen molar-refractivity contribution in [1.82, 2.24) is 4.90 Å². The van der Waals surface area contributed by atoms with Crippen LogP contribution < -0.4 is 0 Å². The van der Waals surface area contributed by atoms with Crippen LogP contribution in [0, 0.1) is 5.92 Å². The summed E-state index contributed by atoms with van der Waals surface area (Å²) in [7, 11) is 0. The van der Waals surface area contributed by atoms with Gasteiger partial charge in [0.15, 0.2) is 0 Å². The number of alkyl halides is 3. The average Bonchev–Trinajstić information content (AvgIpc) is 2.49. The molecule has 0 aliphatic carbocycles. The van der Waals surface area contributed by atoms with Gasteiger partial charge in [0.25, 0.3) is 0 Å². The summed E-state index contributed by atoms with van der Waals surface area (Å²) in [4.78, 5) is 23.2. The fourth-order valence-electron chi connectivity index (χ4n) is 2.45. The van der Waals surface area contributed by atoms with Gasteiger partial charge in [0.05, 0.1) is 12.3 Å². The van der Waals surface area contributed by atoms with Gasteiger partial charge in [0.1, 0.15) is 0 Å². The summed E-state index contributed by atoms with van der Waals surface area (Å²) in [5.74, 6) is -3.22. The highest BCUT2D eigenvalue weighted by Crippen LogP contribution is 2.44. The molecular formula is C11H16F3NO3. The van der Waals surface area contributed by atoms with E-state index in [4.69, 9.17) is 5.11 Å². The van der Waals surface area contributed by atoms with Gasteiger partial charge in [-0.2, -0.15) is 13.2 Å². The molecule has 7 heteroatoms. The molecule has 1 atom stereocenters. The first-order chi connectivity index (χ1) is 8.06. The molecule has 1 heterocycles. The maximum absolute atomic E-state index is 12.8. The minimum atomic E-state index is -4.34. The first-order valence-corrected chi connectivity index (χ1v) is 5.65. The van der Waals surface area contributed by atoms with Crippen molar-refractivity contribution in [2.45, 2.75) is 44.8 Å². The number of carbonyl (C=O) groups is 2. The van der Waals surface area contributed by atoms with E-state index in [1.807, 2.05) is 0 Å². The molecule has 1 unspecified atom stereocenters. The number of hydrogen-bond donors (Lipinski definition) is 1. The molecule has 1 rings (SSSR count). The van der Waals surface area contributed by atoms with Crippen LogP contribution in [0.1, 0.15) is 33.1 Å². The smallest absolute Gasteiger partial charge is 0.394 e. The zero-order chi connectivity index (χ0) is 14.1. The predicted molar refractivity (Wildman–Crippen MR) is 56.8 cm³/mol. The van der Waals surface area contributed by atoms with Crippen LogP contribution in [-0.4, -0.2) is 40.1 Å². The normalized spacial score (nSPS) is 23.2. The standard InChI is InChI=1S/C11H16F3NO3/c1-10(2)7(11(12,13)14)5-6-15(10)8(16)3-4-9(17)18/h7H,3-6H2,1-2H3,(H,17,18). The lowest BCUT2D eigenvalue weighted by molar-refractivity contribution is -0.192. The molecule has 0 spiro atoms. The Morgan fingerprint density at radius 1 is 1.33 bits per heavy atom. The van der Waals surface area contributed by atoms with E-state index in [2.05, 4.69) is 0 Å². The molecule has 104 valence electrons. The summed E-state index contributed by atoms with van der Waals surface area (Å²) in [6, 6.07) is 0. The van der Waals surface area contributed by atoms with Crippen molar-refractivity contribution >= 4 is 11.9 Å². The maximum Gasteiger partial charge on any atom is 0.394 e. The van der Waals surface area contributed by atoms with Gasteiger partial charge >= 0.3 is 12.1 Å². The van der Waals surface area contributed by atoms with E-state index < -0.39 is 29.5 Å². The third-order valence-corrected chi connectivity index (χ3v) is 3.44. The summed E-state index contributed by atoms with van der Waals surface area (Å²) in [6.45, 7) is 2.77. The summed E-state index contributed by atoms with van der Waals surface area (Å²) in [6.07, 6.45) is -5.09. The molecule has 1 aliphatic rings. The van der Waals surface area contributed by atoms with Gasteiger partial charge in [-0.05, 0) is 20.3 Å². The van der Waals surface area contributed by atoms with Crippen LogP contribution >= 0.6 is 0 Å². The maximum atomic E-state index is 12.8. The molecule has 0 aromatic heterocycles. The second-order valence-corrected chi connectivity index (χ2v) is 4.98. The summed E-state index contributed by atoms with van der Waals surface area (Å²) < 4.78 is 38.3. The molecule has 1 fully saturated rings. The van der Waals surface area contributed by atoms with Crippen LogP contribution in [0.5, 0.6) is 0 Å². The van der Waals surface area contributed by atoms with Crippen LogP contribution in [0.4, 0.5) is 13.2 Å². The monoisotopic (exact) mass is 267 g/mol. The first kappa shape index (κ1) is 14.8. The summed E-state index contributed by atoms with van der Waals surface area (Å²) in [5.41, 5.74) is -1.31. The fourth-order valence-corrected chi connectivity index (χ4v) is 2.45. The van der Waals surface area contributed by atoms with Crippen molar-refractivity contribution in [3.63, 3.8) is 0 Å². The zero-order valence-electron chi connectivity index (χ0n) is 10.3. The van der Waals surface area contributed by atoms with Crippen molar-refractivity contribution in [3.8, 4) is 0 Å². The van der Waals surface area contributed by atoms with E-state index in [1.165, 1.54) is 13.8 Å². The zero-order valence-corrected chi connectivity index (χ0v) is 10.3. The SMILES string of the molecule is CC1(C)C(C(F)(F)F)CCN1C(=O)CCC(=O)O. The lowest BCUT2D eigenvalue weighted by atomic mass is 9.87. The average molecular weight is 267 g/mol. The highest BCUT2D eigenvalue weighted by molar-refractivity contribution is 5.81. The van der Waals surface area contributed by atoms with Crippen molar-refractivity contribution in [2.24, 2.45) is 5.92 Å². The molecular weight excluding hydrogens is 251 g/mol. The molecule has 0 saturated carbocycles. The van der Waals surface area contributed by atoms with E-state index in [9.17, 15) is 22.8 Å². The molecule has 1 saturated heterocycles. The minimum absolute atomic E-state index is 0.0234. The predicted octanol–water partition coefficient (Wildman–Crippen LogP) is 2.04. The molecule has 0 radical (unpaired) electrons. The molecule has 0 aromatic carbocycles. The van der Waals surface area contributed by atoms with E-state index >= 15 is 0 Å². The Morgan fingerprint density at radius 3 is 2.28 bits per heavy atom. The summed E-state index contributed by atoms with van der Waals surface area (Å²) >= 11 is 0. The van der Waals surface area contributed by atoms with Crippen molar-refractivity contribution < 1.29 is 27.9 Å². The Morgan fingerprint density at radius 2 is 1.89 bits per heavy atom. The molecule has 18 heavy (non-hydrogen) atoms. The number of halogens is 3. The number of carbonyl (C=O) groups excluding carboxylic acids is 1. The van der Waals surface area contributed by atoms with Crippen molar-refractivity contribution in [1.29, 1.82) is 0 Å². The highest BCUT2D eigenvalue weighted by Gasteiger charge is 2.55. The second kappa shape index (κ2) is 4.78. The van der Waals surface area contributed by atoms with E-state index in [1.54, 1.807) is 0 Å². The van der Waals surface area contributed by atoms with Crippen LogP contribution in [0.15, 0.2) is 0 Å². The molecule has 0 bridgehead atoms. The van der Waals surface area contributed by atoms with Gasteiger partial charge in [0, 0.05) is 18.5 Å². The van der Waals surface area contributed by atoms with Gasteiger partial charge in [-0.15, -0.1) is 0 Å². The Balaban J connectivity index is 2.75. The lowest BCUT2D eigenvalue weighted by Gasteiger charge is -2.36. The number of amides is 1. The Labute approximate surface area is 103 Å². The third kappa shape index (κ3) is 2.94. The third-order valence-electron chi connectivity index (χ3n) is 3.44. The van der Waals surface area contributed by atoms with Crippen LogP contribution in [-0.2, 0) is 9.59 Å². The highest BCUT2D eigenvalue weighted by atomic mass is 19.4. The van der Waals surface area contributed by atoms with Crippen LogP contribution in [0.3, 0.4) is 0 Å². The van der Waals surface area contributed by atoms with E-state index in [0.29, 0.717) is 0 Å². The first-order valence-electron chi connectivity index (χ1n) is 5.65. The number of aliphatic carboxylic acids is 1. The lowest BCUT2D eigenvalue weighted by Crippen LogP contribution is -2.49. The molecule has 1 aliphatic heterocycles. The van der Waals surface area contributed by atoms with E-state index in [0.717, 1.165) is 4.90 Å². The van der Waals surface area contributed by atoms with Crippen LogP contribution in [0.2, 0.25) is 0 Å². The van der Waals surface area contributed by atoms with Crippen LogP contribution in [0.25, 0.3) is 0 Å².